The molecule has 0 fully saturated rings. The second-order valence-corrected chi connectivity index (χ2v) is 7.30. The van der Waals surface area contributed by atoms with E-state index in [1.807, 2.05) is 65.3 Å². The van der Waals surface area contributed by atoms with Gasteiger partial charge in [0.2, 0.25) is 10.0 Å². The van der Waals surface area contributed by atoms with Crippen LogP contribution in [0.1, 0.15) is 5.69 Å². The van der Waals surface area contributed by atoms with Gasteiger partial charge in [-0.05, 0) is 35.0 Å². The van der Waals surface area contributed by atoms with Gasteiger partial charge in [0.15, 0.2) is 0 Å². The molecule has 1 N–H and O–H groups in total. The first-order chi connectivity index (χ1) is 11.6. The number of benzene rings is 2. The van der Waals surface area contributed by atoms with Crippen LogP contribution in [0.25, 0.3) is 16.4 Å². The lowest BCUT2D eigenvalue weighted by molar-refractivity contribution is 0.581. The van der Waals surface area contributed by atoms with Gasteiger partial charge in [-0.2, -0.15) is 0 Å². The fourth-order valence-corrected chi connectivity index (χ4v) is 3.69. The zero-order valence-electron chi connectivity index (χ0n) is 12.8. The summed E-state index contributed by atoms with van der Waals surface area (Å²) in [6.45, 7) is 0.150. The number of pyridine rings is 1. The molecule has 0 unspecified atom stereocenters. The van der Waals surface area contributed by atoms with Gasteiger partial charge in [0.25, 0.3) is 0 Å². The van der Waals surface area contributed by atoms with Gasteiger partial charge in [-0.3, -0.25) is 0 Å². The van der Waals surface area contributed by atoms with E-state index in [0.29, 0.717) is 5.69 Å². The molecule has 0 bridgehead atoms. The van der Waals surface area contributed by atoms with Crippen LogP contribution in [0, 0.1) is 0 Å². The first-order valence-electron chi connectivity index (χ1n) is 7.53. The molecule has 0 amide bonds. The molecule has 24 heavy (non-hydrogen) atoms. The third-order valence-electron chi connectivity index (χ3n) is 3.89. The number of fused-ring (bicyclic) bond motifs is 2. The Bertz CT molecular complexity index is 1100. The summed E-state index contributed by atoms with van der Waals surface area (Å²) >= 11 is 0. The van der Waals surface area contributed by atoms with Gasteiger partial charge in [0.05, 0.1) is 17.1 Å². The second-order valence-electron chi connectivity index (χ2n) is 5.53. The van der Waals surface area contributed by atoms with Crippen LogP contribution >= 0.6 is 0 Å². The summed E-state index contributed by atoms with van der Waals surface area (Å²) in [5.74, 6) is 0. The quantitative estimate of drug-likeness (QED) is 0.623. The summed E-state index contributed by atoms with van der Waals surface area (Å²) in [6.07, 6.45) is 3.70. The molecule has 6 heteroatoms. The predicted molar refractivity (Wildman–Crippen MR) is 93.2 cm³/mol. The largest absolute Gasteiger partial charge is 0.307 e. The molecule has 0 aliphatic carbocycles. The van der Waals surface area contributed by atoms with Gasteiger partial charge in [0.1, 0.15) is 5.65 Å². The minimum atomic E-state index is -3.59. The maximum absolute atomic E-state index is 12.5. The van der Waals surface area contributed by atoms with Crippen molar-refractivity contribution in [2.24, 2.45) is 0 Å². The van der Waals surface area contributed by atoms with E-state index in [1.54, 1.807) is 12.1 Å². The molecule has 4 rings (SSSR count). The maximum atomic E-state index is 12.5. The minimum Gasteiger partial charge on any atom is -0.307 e. The van der Waals surface area contributed by atoms with E-state index in [0.717, 1.165) is 16.4 Å². The van der Waals surface area contributed by atoms with Crippen LogP contribution in [0.5, 0.6) is 0 Å². The summed E-state index contributed by atoms with van der Waals surface area (Å²) in [6, 6.07) is 18.5. The topological polar surface area (TPSA) is 63.5 Å². The Morgan fingerprint density at radius 1 is 0.958 bits per heavy atom. The molecule has 0 saturated heterocycles. The van der Waals surface area contributed by atoms with Crippen molar-refractivity contribution in [3.63, 3.8) is 0 Å². The molecule has 0 aliphatic heterocycles. The molecule has 0 saturated carbocycles. The lowest BCUT2D eigenvalue weighted by atomic mass is 10.1. The Morgan fingerprint density at radius 2 is 1.75 bits per heavy atom. The van der Waals surface area contributed by atoms with Crippen LogP contribution in [0.3, 0.4) is 0 Å². The van der Waals surface area contributed by atoms with Crippen molar-refractivity contribution < 1.29 is 8.42 Å². The smallest absolute Gasteiger partial charge is 0.240 e. The molecule has 0 atom stereocenters. The van der Waals surface area contributed by atoms with Crippen LogP contribution in [-0.2, 0) is 16.6 Å². The zero-order chi connectivity index (χ0) is 16.6. The summed E-state index contributed by atoms with van der Waals surface area (Å²) < 4.78 is 29.5. The summed E-state index contributed by atoms with van der Waals surface area (Å²) in [4.78, 5) is 4.65. The van der Waals surface area contributed by atoms with E-state index < -0.39 is 10.0 Å². The van der Waals surface area contributed by atoms with E-state index in [1.165, 1.54) is 0 Å². The first-order valence-corrected chi connectivity index (χ1v) is 9.01. The number of sulfonamides is 1. The predicted octanol–water partition coefficient (Wildman–Crippen LogP) is 2.97. The molecule has 0 aliphatic rings. The summed E-state index contributed by atoms with van der Waals surface area (Å²) in [5.41, 5.74) is 1.46. The van der Waals surface area contributed by atoms with Crippen LogP contribution in [-0.4, -0.2) is 17.8 Å². The highest BCUT2D eigenvalue weighted by Crippen LogP contribution is 2.19. The van der Waals surface area contributed by atoms with Crippen molar-refractivity contribution >= 4 is 26.4 Å². The van der Waals surface area contributed by atoms with Gasteiger partial charge in [-0.1, -0.05) is 36.4 Å². The molecule has 0 radical (unpaired) electrons. The Morgan fingerprint density at radius 3 is 2.58 bits per heavy atom. The van der Waals surface area contributed by atoms with Crippen molar-refractivity contribution in [2.75, 3.05) is 0 Å². The Balaban J connectivity index is 1.59. The van der Waals surface area contributed by atoms with Gasteiger partial charge >= 0.3 is 0 Å². The first kappa shape index (κ1) is 14.9. The summed E-state index contributed by atoms with van der Waals surface area (Å²) in [7, 11) is -3.59. The highest BCUT2D eigenvalue weighted by molar-refractivity contribution is 7.89. The average Bonchev–Trinajstić information content (AvgIpc) is 3.03. The number of nitrogens with zero attached hydrogens (tertiary/aromatic N) is 2. The normalized spacial score (nSPS) is 12.0. The third-order valence-corrected chi connectivity index (χ3v) is 5.29. The Kier molecular flexibility index (Phi) is 3.55. The minimum absolute atomic E-state index is 0.150. The van der Waals surface area contributed by atoms with Crippen LogP contribution in [0.2, 0.25) is 0 Å². The standard InChI is InChI=1S/C18H15N3O2S/c22-24(23,17-9-8-14-5-1-2-6-15(14)11-17)19-12-16-13-21-10-4-3-7-18(21)20-16/h1-11,13,19H,12H2. The highest BCUT2D eigenvalue weighted by Gasteiger charge is 2.15. The molecule has 2 aromatic heterocycles. The van der Waals surface area contributed by atoms with Gasteiger partial charge < -0.3 is 4.40 Å². The molecule has 2 aromatic carbocycles. The number of hydrogen-bond acceptors (Lipinski definition) is 3. The number of rotatable bonds is 4. The average molecular weight is 337 g/mol. The molecule has 2 heterocycles. The van der Waals surface area contributed by atoms with Crippen LogP contribution in [0.4, 0.5) is 0 Å². The van der Waals surface area contributed by atoms with Gasteiger partial charge in [-0.15, -0.1) is 0 Å². The van der Waals surface area contributed by atoms with E-state index in [2.05, 4.69) is 9.71 Å². The zero-order valence-corrected chi connectivity index (χ0v) is 13.6. The third kappa shape index (κ3) is 2.77. The van der Waals surface area contributed by atoms with Crippen molar-refractivity contribution in [1.29, 1.82) is 0 Å². The van der Waals surface area contributed by atoms with E-state index in [-0.39, 0.29) is 11.4 Å². The number of aromatic nitrogens is 2. The van der Waals surface area contributed by atoms with Crippen molar-refractivity contribution in [2.45, 2.75) is 11.4 Å². The molecule has 120 valence electrons. The molecular formula is C18H15N3O2S. The van der Waals surface area contributed by atoms with E-state index in [4.69, 9.17) is 0 Å². The second kappa shape index (κ2) is 5.74. The number of nitrogens with one attached hydrogen (secondary N) is 1. The van der Waals surface area contributed by atoms with Crippen LogP contribution < -0.4 is 4.72 Å². The Labute approximate surface area is 139 Å². The maximum Gasteiger partial charge on any atom is 0.240 e. The summed E-state index contributed by atoms with van der Waals surface area (Å²) in [5, 5.41) is 1.91. The van der Waals surface area contributed by atoms with Crippen molar-refractivity contribution in [3.8, 4) is 0 Å². The van der Waals surface area contributed by atoms with Gasteiger partial charge in [-0.25, -0.2) is 18.1 Å². The molecule has 0 spiro atoms. The highest BCUT2D eigenvalue weighted by atomic mass is 32.2. The number of hydrogen-bond donors (Lipinski definition) is 1. The van der Waals surface area contributed by atoms with Crippen molar-refractivity contribution in [3.05, 3.63) is 78.8 Å². The lowest BCUT2D eigenvalue weighted by Gasteiger charge is -2.06. The fraction of sp³-hybridized carbons (Fsp3) is 0.0556. The molecular weight excluding hydrogens is 322 g/mol. The van der Waals surface area contributed by atoms with Crippen LogP contribution in [0.15, 0.2) is 78.0 Å². The molecule has 5 nitrogen and oxygen atoms in total. The monoisotopic (exact) mass is 337 g/mol. The Hall–Kier alpha value is -2.70. The van der Waals surface area contributed by atoms with Crippen molar-refractivity contribution in [1.82, 2.24) is 14.1 Å². The van der Waals surface area contributed by atoms with Gasteiger partial charge in [0, 0.05) is 12.4 Å². The van der Waals surface area contributed by atoms with E-state index >= 15 is 0 Å². The lowest BCUT2D eigenvalue weighted by Crippen LogP contribution is -2.23. The fourth-order valence-electron chi connectivity index (χ4n) is 2.66. The van der Waals surface area contributed by atoms with E-state index in [9.17, 15) is 8.42 Å². The number of imidazole rings is 1. The molecule has 4 aromatic rings. The SMILES string of the molecule is O=S(=O)(NCc1cn2ccccc2n1)c1ccc2ccccc2c1.